The highest BCUT2D eigenvalue weighted by molar-refractivity contribution is 7.89. The normalized spacial score (nSPS) is 17.1. The zero-order chi connectivity index (χ0) is 14.4. The van der Waals surface area contributed by atoms with Crippen molar-refractivity contribution >= 4 is 10.0 Å². The van der Waals surface area contributed by atoms with Crippen molar-refractivity contribution < 1.29 is 13.5 Å². The van der Waals surface area contributed by atoms with Gasteiger partial charge in [-0.05, 0) is 31.0 Å². The van der Waals surface area contributed by atoms with Crippen molar-refractivity contribution in [1.82, 2.24) is 4.31 Å². The molecule has 1 fully saturated rings. The molecule has 1 aliphatic rings. The first-order valence-corrected chi connectivity index (χ1v) is 8.28. The van der Waals surface area contributed by atoms with E-state index in [0.717, 1.165) is 25.7 Å². The first-order chi connectivity index (χ1) is 9.64. The molecule has 0 bridgehead atoms. The van der Waals surface area contributed by atoms with Crippen LogP contribution in [0.4, 0.5) is 0 Å². The van der Waals surface area contributed by atoms with E-state index in [1.165, 1.54) is 0 Å². The van der Waals surface area contributed by atoms with E-state index < -0.39 is 10.0 Å². The summed E-state index contributed by atoms with van der Waals surface area (Å²) < 4.78 is 26.8. The molecule has 2 rings (SSSR count). The van der Waals surface area contributed by atoms with Crippen molar-refractivity contribution in [3.63, 3.8) is 0 Å². The van der Waals surface area contributed by atoms with Gasteiger partial charge in [0.05, 0.1) is 4.90 Å². The lowest BCUT2D eigenvalue weighted by atomic mass is 10.2. The Bertz CT molecular complexity index is 605. The monoisotopic (exact) mass is 293 g/mol. The van der Waals surface area contributed by atoms with Crippen LogP contribution in [-0.2, 0) is 10.0 Å². The Hall–Kier alpha value is -1.35. The molecule has 0 aliphatic carbocycles. The van der Waals surface area contributed by atoms with E-state index in [1.807, 2.05) is 0 Å². The molecule has 4 nitrogen and oxygen atoms in total. The molecular formula is C15H19NO3S. The van der Waals surface area contributed by atoms with Gasteiger partial charge >= 0.3 is 0 Å². The summed E-state index contributed by atoms with van der Waals surface area (Å²) in [5.74, 6) is 5.27. The first kappa shape index (κ1) is 15.0. The molecule has 0 saturated carbocycles. The molecule has 20 heavy (non-hydrogen) atoms. The highest BCUT2D eigenvalue weighted by Gasteiger charge is 2.24. The fourth-order valence-corrected chi connectivity index (χ4v) is 3.87. The standard InChI is InChI=1S/C15H19NO3S/c17-12-6-8-14-7-5-9-15(13-14)20(18,19)16-10-3-1-2-4-11-16/h5,7,9,13,17H,1-4,10-12H2. The average Bonchev–Trinajstić information content (AvgIpc) is 2.75. The van der Waals surface area contributed by atoms with Gasteiger partial charge < -0.3 is 5.11 Å². The average molecular weight is 293 g/mol. The fraction of sp³-hybridized carbons (Fsp3) is 0.467. The SMILES string of the molecule is O=S(=O)(c1cccc(C#CCO)c1)N1CCCCCC1. The van der Waals surface area contributed by atoms with E-state index in [0.29, 0.717) is 18.7 Å². The van der Waals surface area contributed by atoms with Gasteiger partial charge in [0.2, 0.25) is 10.0 Å². The van der Waals surface area contributed by atoms with Gasteiger partial charge in [-0.3, -0.25) is 0 Å². The third kappa shape index (κ3) is 3.60. The first-order valence-electron chi connectivity index (χ1n) is 6.84. The van der Waals surface area contributed by atoms with Gasteiger partial charge in [-0.1, -0.05) is 30.7 Å². The van der Waals surface area contributed by atoms with Gasteiger partial charge in [-0.25, -0.2) is 8.42 Å². The predicted molar refractivity (Wildman–Crippen MR) is 77.6 cm³/mol. The topological polar surface area (TPSA) is 57.6 Å². The van der Waals surface area contributed by atoms with Crippen LogP contribution in [0.25, 0.3) is 0 Å². The van der Waals surface area contributed by atoms with E-state index in [9.17, 15) is 8.42 Å². The van der Waals surface area contributed by atoms with Gasteiger partial charge in [-0.2, -0.15) is 4.31 Å². The summed E-state index contributed by atoms with van der Waals surface area (Å²) in [5.41, 5.74) is 0.606. The molecule has 1 saturated heterocycles. The third-order valence-corrected chi connectivity index (χ3v) is 5.24. The van der Waals surface area contributed by atoms with Gasteiger partial charge in [0.25, 0.3) is 0 Å². The van der Waals surface area contributed by atoms with Crippen molar-refractivity contribution in [2.45, 2.75) is 30.6 Å². The Morgan fingerprint density at radius 2 is 1.85 bits per heavy atom. The molecule has 0 atom stereocenters. The minimum atomic E-state index is -3.43. The van der Waals surface area contributed by atoms with Crippen molar-refractivity contribution in [3.8, 4) is 11.8 Å². The maximum Gasteiger partial charge on any atom is 0.243 e. The second kappa shape index (κ2) is 6.89. The molecule has 0 aromatic heterocycles. The van der Waals surface area contributed by atoms with Crippen LogP contribution in [0.3, 0.4) is 0 Å². The van der Waals surface area contributed by atoms with E-state index in [-0.39, 0.29) is 11.5 Å². The Kier molecular flexibility index (Phi) is 5.18. The summed E-state index contributed by atoms with van der Waals surface area (Å²) in [5, 5.41) is 8.69. The Labute approximate surface area is 120 Å². The van der Waals surface area contributed by atoms with Crippen LogP contribution >= 0.6 is 0 Å². The largest absolute Gasteiger partial charge is 0.384 e. The minimum Gasteiger partial charge on any atom is -0.384 e. The summed E-state index contributed by atoms with van der Waals surface area (Å²) in [4.78, 5) is 0.282. The summed E-state index contributed by atoms with van der Waals surface area (Å²) in [6, 6.07) is 6.60. The van der Waals surface area contributed by atoms with Gasteiger partial charge in [0.1, 0.15) is 6.61 Å². The maximum absolute atomic E-state index is 12.6. The molecule has 108 valence electrons. The molecule has 1 aromatic rings. The third-order valence-electron chi connectivity index (χ3n) is 3.35. The molecule has 1 heterocycles. The molecule has 0 unspecified atom stereocenters. The highest BCUT2D eigenvalue weighted by atomic mass is 32.2. The molecule has 0 amide bonds. The van der Waals surface area contributed by atoms with Gasteiger partial charge in [0, 0.05) is 18.7 Å². The zero-order valence-corrected chi connectivity index (χ0v) is 12.2. The van der Waals surface area contributed by atoms with Crippen LogP contribution in [0.2, 0.25) is 0 Å². The number of hydrogen-bond donors (Lipinski definition) is 1. The van der Waals surface area contributed by atoms with Crippen molar-refractivity contribution in [2.24, 2.45) is 0 Å². The number of benzene rings is 1. The van der Waals surface area contributed by atoms with Crippen molar-refractivity contribution in [3.05, 3.63) is 29.8 Å². The number of sulfonamides is 1. The molecule has 1 aliphatic heterocycles. The van der Waals surface area contributed by atoms with E-state index in [2.05, 4.69) is 11.8 Å². The lowest BCUT2D eigenvalue weighted by Gasteiger charge is -2.19. The second-order valence-corrected chi connectivity index (χ2v) is 6.74. The summed E-state index contributed by atoms with van der Waals surface area (Å²) in [6.07, 6.45) is 4.02. The lowest BCUT2D eigenvalue weighted by Crippen LogP contribution is -2.31. The molecule has 5 heteroatoms. The van der Waals surface area contributed by atoms with Crippen LogP contribution in [0.15, 0.2) is 29.2 Å². The summed E-state index contributed by atoms with van der Waals surface area (Å²) in [6.45, 7) is 0.951. The van der Waals surface area contributed by atoms with Crippen molar-refractivity contribution in [1.29, 1.82) is 0 Å². The molecule has 1 N–H and O–H groups in total. The second-order valence-electron chi connectivity index (χ2n) is 4.81. The Morgan fingerprint density at radius 3 is 2.50 bits per heavy atom. The maximum atomic E-state index is 12.6. The number of aliphatic hydroxyl groups excluding tert-OH is 1. The number of nitrogens with zero attached hydrogens (tertiary/aromatic N) is 1. The molecular weight excluding hydrogens is 274 g/mol. The quantitative estimate of drug-likeness (QED) is 0.843. The van der Waals surface area contributed by atoms with Crippen LogP contribution in [-0.4, -0.2) is 37.5 Å². The van der Waals surface area contributed by atoms with E-state index >= 15 is 0 Å². The van der Waals surface area contributed by atoms with Gasteiger partial charge in [-0.15, -0.1) is 0 Å². The van der Waals surface area contributed by atoms with E-state index in [4.69, 9.17) is 5.11 Å². The van der Waals surface area contributed by atoms with Gasteiger partial charge in [0.15, 0.2) is 0 Å². The number of rotatable bonds is 2. The van der Waals surface area contributed by atoms with Crippen LogP contribution < -0.4 is 0 Å². The highest BCUT2D eigenvalue weighted by Crippen LogP contribution is 2.20. The smallest absolute Gasteiger partial charge is 0.243 e. The van der Waals surface area contributed by atoms with Crippen LogP contribution in [0.1, 0.15) is 31.2 Å². The molecule has 0 radical (unpaired) electrons. The summed E-state index contributed by atoms with van der Waals surface area (Å²) in [7, 11) is -3.43. The Balaban J connectivity index is 2.28. The predicted octanol–water partition coefficient (Wildman–Crippen LogP) is 1.60. The van der Waals surface area contributed by atoms with E-state index in [1.54, 1.807) is 28.6 Å². The Morgan fingerprint density at radius 1 is 1.15 bits per heavy atom. The van der Waals surface area contributed by atoms with Crippen molar-refractivity contribution in [2.75, 3.05) is 19.7 Å². The van der Waals surface area contributed by atoms with Crippen LogP contribution in [0, 0.1) is 11.8 Å². The molecule has 0 spiro atoms. The zero-order valence-electron chi connectivity index (χ0n) is 11.4. The minimum absolute atomic E-state index is 0.233. The van der Waals surface area contributed by atoms with Crippen LogP contribution in [0.5, 0.6) is 0 Å². The lowest BCUT2D eigenvalue weighted by molar-refractivity contribution is 0.350. The fourth-order valence-electron chi connectivity index (χ4n) is 2.31. The summed E-state index contributed by atoms with van der Waals surface area (Å²) >= 11 is 0. The molecule has 1 aromatic carbocycles. The number of aliphatic hydroxyl groups is 1. The number of hydrogen-bond acceptors (Lipinski definition) is 3.